The summed E-state index contributed by atoms with van der Waals surface area (Å²) in [7, 11) is 0. The van der Waals surface area contributed by atoms with E-state index in [0.29, 0.717) is 0 Å². The fourth-order valence-corrected chi connectivity index (χ4v) is 14.8. The van der Waals surface area contributed by atoms with Crippen LogP contribution in [0.15, 0.2) is 0 Å². The van der Waals surface area contributed by atoms with Gasteiger partial charge in [0, 0.05) is 19.5 Å². The van der Waals surface area contributed by atoms with Crippen LogP contribution in [0.25, 0.3) is 0 Å². The van der Waals surface area contributed by atoms with Crippen LogP contribution in [0.5, 0.6) is 0 Å². The fraction of sp³-hybridized carbons (Fsp3) is 0.747. The number of unbranched alkanes of at least 4 members (excludes halogenated alkanes) is 1. The summed E-state index contributed by atoms with van der Waals surface area (Å²) in [6.45, 7) is 20.2. The molecule has 53 heteroatoms. The third-order valence-corrected chi connectivity index (χ3v) is 22.8. The second kappa shape index (κ2) is 60.2. The summed E-state index contributed by atoms with van der Waals surface area (Å²) in [6.07, 6.45) is -8.78. The summed E-state index contributed by atoms with van der Waals surface area (Å²) in [4.78, 5) is 302. The number of carbonyl (C=O) groups is 22. The highest BCUT2D eigenvalue weighted by atomic mass is 16.4. The summed E-state index contributed by atoms with van der Waals surface area (Å²) >= 11 is 0. The van der Waals surface area contributed by atoms with Gasteiger partial charge in [0.05, 0.1) is 63.2 Å². The molecule has 2 fully saturated rings. The number of likely N-dealkylation sites (tertiary alicyclic amines) is 2. The molecule has 2 aliphatic heterocycles. The molecule has 0 aromatic heterocycles. The number of carboxylic acids is 2. The molecular formula is C87H150N22O31. The molecule has 140 heavy (non-hydrogen) atoms. The maximum atomic E-state index is 14.5. The van der Waals surface area contributed by atoms with Gasteiger partial charge in [0.1, 0.15) is 103 Å². The van der Waals surface area contributed by atoms with Crippen LogP contribution in [0.3, 0.4) is 0 Å². The summed E-state index contributed by atoms with van der Waals surface area (Å²) in [5.74, 6) is -27.8. The minimum absolute atomic E-state index is 0.0152. The molecule has 2 aliphatic rings. The van der Waals surface area contributed by atoms with Crippen molar-refractivity contribution in [2.24, 2.45) is 52.7 Å². The van der Waals surface area contributed by atoms with Gasteiger partial charge < -0.3 is 163 Å². The first-order chi connectivity index (χ1) is 65.2. The fourth-order valence-electron chi connectivity index (χ4n) is 14.8. The summed E-state index contributed by atoms with van der Waals surface area (Å²) in [5, 5.41) is 133. The van der Waals surface area contributed by atoms with Crippen molar-refractivity contribution in [3.05, 3.63) is 0 Å². The number of aliphatic hydroxyl groups excluding tert-OH is 7. The predicted octanol–water partition coefficient (Wildman–Crippen LogP) is -11.6. The Labute approximate surface area is 811 Å². The number of carbonyl (C=O) groups excluding carboxylic acids is 20. The number of nitrogens with zero attached hydrogens (tertiary/aromatic N) is 2. The Hall–Kier alpha value is -12.0. The quantitative estimate of drug-likeness (QED) is 0.0251. The van der Waals surface area contributed by atoms with E-state index in [-0.39, 0.29) is 89.3 Å². The van der Waals surface area contributed by atoms with Gasteiger partial charge in [0.25, 0.3) is 0 Å². The Morgan fingerprint density at radius 1 is 0.336 bits per heavy atom. The first-order valence-electron chi connectivity index (χ1n) is 46.7. The van der Waals surface area contributed by atoms with E-state index in [1.54, 1.807) is 41.5 Å². The molecule has 0 spiro atoms. The van der Waals surface area contributed by atoms with E-state index in [2.05, 4.69) is 90.4 Å². The topological polar surface area (TPSA) is 847 Å². The lowest BCUT2D eigenvalue weighted by Gasteiger charge is -2.32. The summed E-state index contributed by atoms with van der Waals surface area (Å²) in [6, 6.07) is -30.9. The van der Waals surface area contributed by atoms with Gasteiger partial charge in [-0.2, -0.15) is 0 Å². The lowest BCUT2D eigenvalue weighted by molar-refractivity contribution is -0.145. The van der Waals surface area contributed by atoms with E-state index in [4.69, 9.17) is 17.2 Å². The van der Waals surface area contributed by atoms with Crippen LogP contribution in [0, 0.1) is 35.5 Å². The van der Waals surface area contributed by atoms with Crippen LogP contribution in [-0.2, 0) is 105 Å². The zero-order valence-electron chi connectivity index (χ0n) is 82.3. The number of nitrogens with one attached hydrogen (secondary N) is 17. The van der Waals surface area contributed by atoms with Gasteiger partial charge in [-0.1, -0.05) is 83.1 Å². The van der Waals surface area contributed by atoms with E-state index in [1.807, 2.05) is 0 Å². The molecule has 23 atom stereocenters. The molecule has 2 heterocycles. The van der Waals surface area contributed by atoms with Crippen LogP contribution >= 0.6 is 0 Å². The van der Waals surface area contributed by atoms with Gasteiger partial charge in [-0.05, 0) is 141 Å². The molecule has 53 nitrogen and oxygen atoms in total. The van der Waals surface area contributed by atoms with Crippen LogP contribution in [-0.4, -0.2) is 371 Å². The van der Waals surface area contributed by atoms with Crippen molar-refractivity contribution in [1.82, 2.24) is 100 Å². The predicted molar refractivity (Wildman–Crippen MR) is 494 cm³/mol. The summed E-state index contributed by atoms with van der Waals surface area (Å²) < 4.78 is 0. The Bertz CT molecular complexity index is 4270. The van der Waals surface area contributed by atoms with Crippen molar-refractivity contribution in [2.75, 3.05) is 46.0 Å². The molecule has 0 radical (unpaired) electrons. The van der Waals surface area contributed by atoms with Crippen LogP contribution in [0.4, 0.5) is 0 Å². The first-order valence-corrected chi connectivity index (χ1v) is 46.7. The normalized spacial score (nSPS) is 18.2. The van der Waals surface area contributed by atoms with Gasteiger partial charge in [-0.25, -0.2) is 4.79 Å². The Morgan fingerprint density at radius 3 is 1.06 bits per heavy atom. The smallest absolute Gasteiger partial charge is 0.328 e. The van der Waals surface area contributed by atoms with Gasteiger partial charge in [0.2, 0.25) is 118 Å². The monoisotopic (exact) mass is 2000 g/mol. The molecule has 0 aromatic carbocycles. The number of hydrogen-bond donors (Lipinski definition) is 29. The lowest BCUT2D eigenvalue weighted by atomic mass is 9.98. The van der Waals surface area contributed by atoms with E-state index in [0.717, 1.165) is 37.5 Å². The highest BCUT2D eigenvalue weighted by Gasteiger charge is 2.46. The van der Waals surface area contributed by atoms with Crippen molar-refractivity contribution in [3.63, 3.8) is 0 Å². The van der Waals surface area contributed by atoms with Gasteiger partial charge in [-0.15, -0.1) is 0 Å². The third-order valence-electron chi connectivity index (χ3n) is 22.8. The summed E-state index contributed by atoms with van der Waals surface area (Å²) in [5.41, 5.74) is 16.9. The van der Waals surface area contributed by atoms with Crippen molar-refractivity contribution in [3.8, 4) is 0 Å². The van der Waals surface area contributed by atoms with Crippen LogP contribution in [0.2, 0.25) is 0 Å². The maximum Gasteiger partial charge on any atom is 0.328 e. The standard InChI is InChI=1S/C87H150N22O31/c1-37(2)30-50(95-69(121)43(13)89)72(124)100-62(40(7)8)81(133)96-51(31-38(3)4)73(125)104-65(44(14)113)83(135)94-49(25-26-58(90)117)71(123)106-67(46(16)115)86(138)109-29-20-23-56(109)78(130)99-54(35-111)76(128)98-53(34-110)75(127)93-48(22-18-19-27-88)70(122)97-55(36-112)77(129)103-64(42(11)12)85(137)108-28-21-24-57(108)79(131)101-61(39(5)6)80(132)91-33-59(118)92-52(32-60(119)120)74(126)105-66(45(15)114)84(136)102-63(41(9)10)82(134)107-68(47(17)116)87(139)140/h37-57,61-68,110-116H,18-36,88-89H2,1-17H3,(H2,90,117)(H,91,132)(H,92,118)(H,93,127)(H,94,135)(H,95,121)(H,96,133)(H,97,122)(H,98,128)(H,99,130)(H,100,124)(H,101,131)(H,102,136)(H,103,129)(H,104,125)(H,105,126)(H,106,123)(H,107,134)(H,119,120)(H,139,140)/t43-,44+,45+,46+,47+,48-,49-,50-,51-,52-,53-,54-,55-,56-,57-,61-,62-,63-,64-,65-,66-,67-,68-/m0/s1. The number of nitrogens with two attached hydrogens (primary N) is 3. The van der Waals surface area contributed by atoms with E-state index < -0.39 is 339 Å². The Kier molecular flexibility index (Phi) is 53.3. The highest BCUT2D eigenvalue weighted by molar-refractivity contribution is 6.03. The zero-order chi connectivity index (χ0) is 107. The molecule has 2 rings (SSSR count). The van der Waals surface area contributed by atoms with Crippen molar-refractivity contribution in [1.29, 1.82) is 0 Å². The SMILES string of the molecule is CC(C)C[C@H](NC(=O)[C@H](C)N)C(=O)N[C@H](C(=O)N[C@@H](CC(C)C)C(=O)N[C@H](C(=O)N[C@@H](CCC(N)=O)C(=O)N[C@H](C(=O)N1CCC[C@H]1C(=O)N[C@@H](CO)C(=O)N[C@@H](CO)C(=O)N[C@@H](CCCCN)C(=O)N[C@@H](CO)C(=O)N[C@H](C(=O)N1CCC[C@H]1C(=O)N[C@H](C(=O)NCC(=O)N[C@@H](CC(=O)O)C(=O)N[C@H](C(=O)N[C@H](C(=O)N[C@H](C(=O)O)[C@@H](C)O)C(C)C)[C@@H](C)O)C(C)C)C(C)C)[C@@H](C)O)[C@@H](C)O)C(C)C. The van der Waals surface area contributed by atoms with Gasteiger partial charge in [0.15, 0.2) is 6.04 Å². The Morgan fingerprint density at radius 2 is 0.650 bits per heavy atom. The molecule has 0 saturated carbocycles. The molecule has 20 amide bonds. The van der Waals surface area contributed by atoms with E-state index >= 15 is 0 Å². The second-order valence-corrected chi connectivity index (χ2v) is 37.3. The number of aliphatic carboxylic acids is 2. The molecule has 0 bridgehead atoms. The average molecular weight is 2000 g/mol. The van der Waals surface area contributed by atoms with Gasteiger partial charge in [-0.3, -0.25) is 101 Å². The number of primary amides is 1. The first kappa shape index (κ1) is 124. The maximum absolute atomic E-state index is 14.5. The average Bonchev–Trinajstić information content (AvgIpc) is 1.65. The second-order valence-electron chi connectivity index (χ2n) is 37.3. The number of hydrogen-bond acceptors (Lipinski definition) is 31. The molecule has 0 aromatic rings. The van der Waals surface area contributed by atoms with Crippen molar-refractivity contribution in [2.45, 2.75) is 334 Å². The van der Waals surface area contributed by atoms with E-state index in [1.165, 1.54) is 48.5 Å². The molecule has 32 N–H and O–H groups in total. The number of aliphatic hydroxyl groups is 7. The molecule has 794 valence electrons. The van der Waals surface area contributed by atoms with Gasteiger partial charge >= 0.3 is 11.9 Å². The van der Waals surface area contributed by atoms with Crippen LogP contribution < -0.4 is 108 Å². The largest absolute Gasteiger partial charge is 0.481 e. The molecule has 2 saturated heterocycles. The molecular weight excluding hydrogens is 1850 g/mol. The number of rotatable bonds is 61. The van der Waals surface area contributed by atoms with Crippen LogP contribution in [0.1, 0.15) is 195 Å². The highest BCUT2D eigenvalue weighted by Crippen LogP contribution is 2.24. The van der Waals surface area contributed by atoms with Crippen molar-refractivity contribution >= 4 is 130 Å². The number of amides is 20. The Balaban J connectivity index is 2.30. The van der Waals surface area contributed by atoms with E-state index in [9.17, 15) is 151 Å². The zero-order valence-corrected chi connectivity index (χ0v) is 82.3. The molecule has 0 aliphatic carbocycles. The minimum Gasteiger partial charge on any atom is -0.481 e. The van der Waals surface area contributed by atoms with Crippen molar-refractivity contribution < 1.29 is 151 Å². The third kappa shape index (κ3) is 40.3. The lowest BCUT2D eigenvalue weighted by Crippen LogP contribution is -2.63. The minimum atomic E-state index is -1.99. The number of carboxylic acid groups (broad SMARTS) is 2. The molecule has 0 unspecified atom stereocenters.